The van der Waals surface area contributed by atoms with E-state index >= 15 is 0 Å². The van der Waals surface area contributed by atoms with Crippen LogP contribution in [0.25, 0.3) is 0 Å². The number of benzene rings is 2. The highest BCUT2D eigenvalue weighted by molar-refractivity contribution is 6.55. The molecule has 0 unspecified atom stereocenters. The fourth-order valence-corrected chi connectivity index (χ4v) is 2.97. The summed E-state index contributed by atoms with van der Waals surface area (Å²) in [6, 6.07) is 11.1. The first-order chi connectivity index (χ1) is 13.8. The van der Waals surface area contributed by atoms with Crippen molar-refractivity contribution in [2.75, 3.05) is 13.2 Å². The number of hydrogen-bond donors (Lipinski definition) is 0. The van der Waals surface area contributed by atoms with E-state index in [2.05, 4.69) is 5.16 Å². The quantitative estimate of drug-likeness (QED) is 0.202. The Hall–Kier alpha value is -1.59. The van der Waals surface area contributed by atoms with Gasteiger partial charge in [-0.3, -0.25) is 0 Å². The first kappa shape index (κ1) is 23.7. The molecule has 156 valence electrons. The second-order valence-corrected chi connectivity index (χ2v) is 8.07. The van der Waals surface area contributed by atoms with Crippen LogP contribution in [0.1, 0.15) is 25.8 Å². The van der Waals surface area contributed by atoms with Crippen LogP contribution in [0, 0.1) is 0 Å². The molecule has 0 amide bonds. The van der Waals surface area contributed by atoms with Crippen LogP contribution in [0.15, 0.2) is 52.1 Å². The van der Waals surface area contributed by atoms with Gasteiger partial charge in [0.15, 0.2) is 11.5 Å². The molecule has 0 atom stereocenters. The second kappa shape index (κ2) is 12.2. The molecule has 8 heteroatoms. The van der Waals surface area contributed by atoms with E-state index in [9.17, 15) is 0 Å². The van der Waals surface area contributed by atoms with Crippen LogP contribution in [-0.2, 0) is 6.42 Å². The van der Waals surface area contributed by atoms with Gasteiger partial charge in [-0.1, -0.05) is 63.7 Å². The molecule has 0 fully saturated rings. The van der Waals surface area contributed by atoms with E-state index in [1.165, 1.54) is 11.6 Å². The average molecular weight is 477 g/mol. The third-order valence-electron chi connectivity index (χ3n) is 3.57. The minimum atomic E-state index is 0.133. The minimum absolute atomic E-state index is 0.133. The summed E-state index contributed by atoms with van der Waals surface area (Å²) in [6.07, 6.45) is 3.17. The SMILES string of the molecule is CC(C)=NOc1ccc(CCCOc2c(Cl)cc(OCC=C(Cl)Cl)cc2Cl)cc1. The Bertz CT molecular complexity index is 836. The van der Waals surface area contributed by atoms with Crippen molar-refractivity contribution < 1.29 is 14.3 Å². The second-order valence-electron chi connectivity index (χ2n) is 6.25. The van der Waals surface area contributed by atoms with Gasteiger partial charge in [0.25, 0.3) is 0 Å². The zero-order valence-corrected chi connectivity index (χ0v) is 19.1. The first-order valence-electron chi connectivity index (χ1n) is 8.88. The van der Waals surface area contributed by atoms with Crippen molar-refractivity contribution in [1.82, 2.24) is 0 Å². The van der Waals surface area contributed by atoms with Crippen LogP contribution in [0.4, 0.5) is 0 Å². The summed E-state index contributed by atoms with van der Waals surface area (Å²) in [5.74, 6) is 1.64. The Kier molecular flexibility index (Phi) is 9.95. The number of aryl methyl sites for hydroxylation is 1. The van der Waals surface area contributed by atoms with Crippen LogP contribution >= 0.6 is 46.4 Å². The topological polar surface area (TPSA) is 40.0 Å². The van der Waals surface area contributed by atoms with E-state index in [-0.39, 0.29) is 11.1 Å². The molecular weight excluding hydrogens is 456 g/mol. The van der Waals surface area contributed by atoms with Gasteiger partial charge in [0.05, 0.1) is 22.4 Å². The predicted octanol–water partition coefficient (Wildman–Crippen LogP) is 7.48. The third kappa shape index (κ3) is 8.75. The lowest BCUT2D eigenvalue weighted by Gasteiger charge is -2.12. The standard InChI is InChI=1S/C21H21Cl4NO3/c1-14(2)26-29-16-7-5-15(6-8-16)4-3-10-28-21-18(22)12-17(13-19(21)23)27-11-9-20(24)25/h5-9,12-13H,3-4,10-11H2,1-2H3. The van der Waals surface area contributed by atoms with Crippen LogP contribution in [-0.4, -0.2) is 18.9 Å². The van der Waals surface area contributed by atoms with Crippen molar-refractivity contribution in [2.45, 2.75) is 26.7 Å². The summed E-state index contributed by atoms with van der Waals surface area (Å²) >= 11 is 23.6. The smallest absolute Gasteiger partial charge is 0.157 e. The van der Waals surface area contributed by atoms with Gasteiger partial charge >= 0.3 is 0 Å². The first-order valence-corrected chi connectivity index (χ1v) is 10.4. The lowest BCUT2D eigenvalue weighted by molar-refractivity contribution is 0.310. The zero-order valence-electron chi connectivity index (χ0n) is 16.1. The molecule has 0 aliphatic carbocycles. The van der Waals surface area contributed by atoms with Gasteiger partial charge < -0.3 is 14.3 Å². The lowest BCUT2D eigenvalue weighted by Crippen LogP contribution is -2.01. The number of halogens is 4. The molecule has 0 N–H and O–H groups in total. The number of ether oxygens (including phenoxy) is 2. The van der Waals surface area contributed by atoms with Gasteiger partial charge in [0, 0.05) is 12.1 Å². The normalized spacial score (nSPS) is 10.3. The van der Waals surface area contributed by atoms with Crippen molar-refractivity contribution in [3.8, 4) is 17.2 Å². The molecule has 0 aromatic heterocycles. The molecule has 0 spiro atoms. The maximum absolute atomic E-state index is 6.26. The fourth-order valence-electron chi connectivity index (χ4n) is 2.27. The van der Waals surface area contributed by atoms with Gasteiger partial charge in [-0.15, -0.1) is 0 Å². The molecule has 0 bridgehead atoms. The molecule has 0 aliphatic rings. The largest absolute Gasteiger partial charge is 0.490 e. The molecule has 0 heterocycles. The maximum Gasteiger partial charge on any atom is 0.157 e. The minimum Gasteiger partial charge on any atom is -0.490 e. The molecule has 4 nitrogen and oxygen atoms in total. The van der Waals surface area contributed by atoms with Crippen LogP contribution < -0.4 is 14.3 Å². The summed E-state index contributed by atoms with van der Waals surface area (Å²) in [5.41, 5.74) is 2.03. The van der Waals surface area contributed by atoms with Crippen molar-refractivity contribution >= 4 is 52.1 Å². The van der Waals surface area contributed by atoms with Gasteiger partial charge in [-0.2, -0.15) is 0 Å². The van der Waals surface area contributed by atoms with E-state index in [1.807, 2.05) is 38.1 Å². The average Bonchev–Trinajstić information content (AvgIpc) is 2.65. The van der Waals surface area contributed by atoms with E-state index in [0.717, 1.165) is 18.6 Å². The number of rotatable bonds is 10. The number of nitrogens with zero attached hydrogens (tertiary/aromatic N) is 1. The zero-order chi connectivity index (χ0) is 21.2. The molecule has 0 aliphatic heterocycles. The van der Waals surface area contributed by atoms with Crippen molar-refractivity contribution in [3.05, 3.63) is 62.6 Å². The van der Waals surface area contributed by atoms with E-state index in [1.54, 1.807) is 12.1 Å². The highest BCUT2D eigenvalue weighted by Gasteiger charge is 2.10. The highest BCUT2D eigenvalue weighted by atomic mass is 35.5. The Morgan fingerprint density at radius 2 is 1.62 bits per heavy atom. The molecule has 2 aromatic carbocycles. The molecule has 0 saturated carbocycles. The van der Waals surface area contributed by atoms with E-state index < -0.39 is 0 Å². The van der Waals surface area contributed by atoms with Gasteiger partial charge in [0.1, 0.15) is 16.8 Å². The van der Waals surface area contributed by atoms with Crippen LogP contribution in [0.2, 0.25) is 10.0 Å². The van der Waals surface area contributed by atoms with E-state index in [0.29, 0.717) is 33.9 Å². The number of oxime groups is 1. The Morgan fingerprint density at radius 1 is 0.966 bits per heavy atom. The summed E-state index contributed by atoms with van der Waals surface area (Å²) in [4.78, 5) is 5.29. The summed E-state index contributed by atoms with van der Waals surface area (Å²) in [6.45, 7) is 4.44. The Balaban J connectivity index is 1.82. The monoisotopic (exact) mass is 475 g/mol. The molecule has 0 radical (unpaired) electrons. The van der Waals surface area contributed by atoms with Crippen LogP contribution in [0.5, 0.6) is 17.2 Å². The highest BCUT2D eigenvalue weighted by Crippen LogP contribution is 2.37. The van der Waals surface area contributed by atoms with Gasteiger partial charge in [-0.25, -0.2) is 0 Å². The molecule has 29 heavy (non-hydrogen) atoms. The molecule has 2 aromatic rings. The predicted molar refractivity (Wildman–Crippen MR) is 121 cm³/mol. The van der Waals surface area contributed by atoms with Crippen molar-refractivity contribution in [1.29, 1.82) is 0 Å². The molecule has 2 rings (SSSR count). The summed E-state index contributed by atoms with van der Waals surface area (Å²) in [7, 11) is 0. The van der Waals surface area contributed by atoms with Gasteiger partial charge in [-0.05, 0) is 50.5 Å². The Morgan fingerprint density at radius 3 is 2.21 bits per heavy atom. The van der Waals surface area contributed by atoms with Crippen molar-refractivity contribution in [3.63, 3.8) is 0 Å². The molecule has 0 saturated heterocycles. The Labute approximate surface area is 190 Å². The summed E-state index contributed by atoms with van der Waals surface area (Å²) in [5, 5.41) is 4.68. The van der Waals surface area contributed by atoms with Gasteiger partial charge in [0.2, 0.25) is 0 Å². The van der Waals surface area contributed by atoms with E-state index in [4.69, 9.17) is 60.7 Å². The fraction of sp³-hybridized carbons (Fsp3) is 0.286. The summed E-state index contributed by atoms with van der Waals surface area (Å²) < 4.78 is 11.4. The molecular formula is C21H21Cl4NO3. The van der Waals surface area contributed by atoms with Crippen LogP contribution in [0.3, 0.4) is 0 Å². The number of hydrogen-bond acceptors (Lipinski definition) is 4. The lowest BCUT2D eigenvalue weighted by atomic mass is 10.1. The third-order valence-corrected chi connectivity index (χ3v) is 4.44. The van der Waals surface area contributed by atoms with Crippen molar-refractivity contribution in [2.24, 2.45) is 5.16 Å². The maximum atomic E-state index is 6.26.